The molecular weight excluding hydrogens is 366 g/mol. The van der Waals surface area contributed by atoms with Crippen molar-refractivity contribution in [2.45, 2.75) is 27.2 Å². The molecule has 2 aromatic rings. The van der Waals surface area contributed by atoms with E-state index in [9.17, 15) is 9.59 Å². The van der Waals surface area contributed by atoms with E-state index in [2.05, 4.69) is 10.4 Å². The summed E-state index contributed by atoms with van der Waals surface area (Å²) in [6.07, 6.45) is 0.711. The second kappa shape index (κ2) is 9.37. The first-order valence-electron chi connectivity index (χ1n) is 9.89. The van der Waals surface area contributed by atoms with Crippen LogP contribution in [0.25, 0.3) is 0 Å². The van der Waals surface area contributed by atoms with Gasteiger partial charge in [-0.3, -0.25) is 9.59 Å². The topological polar surface area (TPSA) is 71.0 Å². The van der Waals surface area contributed by atoms with Gasteiger partial charge in [-0.2, -0.15) is 5.10 Å². The van der Waals surface area contributed by atoms with E-state index >= 15 is 0 Å². The third kappa shape index (κ3) is 5.44. The van der Waals surface area contributed by atoms with E-state index in [1.165, 1.54) is 5.01 Å². The Morgan fingerprint density at radius 2 is 1.93 bits per heavy atom. The maximum atomic E-state index is 12.6. The Morgan fingerprint density at radius 3 is 2.66 bits per heavy atom. The van der Waals surface area contributed by atoms with Crippen LogP contribution in [0.4, 0.5) is 0 Å². The maximum absolute atomic E-state index is 12.6. The lowest BCUT2D eigenvalue weighted by atomic mass is 10.1. The number of benzene rings is 2. The van der Waals surface area contributed by atoms with E-state index in [4.69, 9.17) is 4.74 Å². The largest absolute Gasteiger partial charge is 0.483 e. The number of hydrogen-bond donors (Lipinski definition) is 1. The zero-order valence-corrected chi connectivity index (χ0v) is 17.1. The molecule has 0 bridgehead atoms. The van der Waals surface area contributed by atoms with Crippen LogP contribution in [-0.4, -0.2) is 42.2 Å². The van der Waals surface area contributed by atoms with Crippen LogP contribution in [-0.2, 0) is 4.79 Å². The minimum Gasteiger partial charge on any atom is -0.483 e. The van der Waals surface area contributed by atoms with Crippen molar-refractivity contribution in [2.75, 3.05) is 19.7 Å². The summed E-state index contributed by atoms with van der Waals surface area (Å²) >= 11 is 0. The van der Waals surface area contributed by atoms with Crippen molar-refractivity contribution < 1.29 is 14.3 Å². The number of carbonyl (C=O) groups excluding carboxylic acids is 2. The summed E-state index contributed by atoms with van der Waals surface area (Å²) < 4.78 is 5.71. The highest BCUT2D eigenvalue weighted by Crippen LogP contribution is 2.21. The van der Waals surface area contributed by atoms with Crippen LogP contribution in [0, 0.1) is 12.8 Å². The lowest BCUT2D eigenvalue weighted by Gasteiger charge is -2.15. The quantitative estimate of drug-likeness (QED) is 0.784. The van der Waals surface area contributed by atoms with Gasteiger partial charge in [-0.25, -0.2) is 5.01 Å². The number of aryl methyl sites for hydroxylation is 1. The molecule has 1 aliphatic heterocycles. The summed E-state index contributed by atoms with van der Waals surface area (Å²) in [5, 5.41) is 8.77. The van der Waals surface area contributed by atoms with Crippen molar-refractivity contribution in [3.8, 4) is 5.75 Å². The highest BCUT2D eigenvalue weighted by molar-refractivity contribution is 6.02. The normalized spacial score (nSPS) is 13.4. The molecule has 1 aliphatic rings. The Kier molecular flexibility index (Phi) is 6.65. The lowest BCUT2D eigenvalue weighted by molar-refractivity contribution is -0.132. The number of hydrogen-bond acceptors (Lipinski definition) is 4. The molecule has 0 saturated carbocycles. The van der Waals surface area contributed by atoms with Gasteiger partial charge in [0.25, 0.3) is 11.8 Å². The van der Waals surface area contributed by atoms with Gasteiger partial charge < -0.3 is 10.1 Å². The number of amides is 2. The van der Waals surface area contributed by atoms with Gasteiger partial charge in [-0.05, 0) is 30.5 Å². The van der Waals surface area contributed by atoms with Gasteiger partial charge in [0, 0.05) is 13.0 Å². The Hall–Kier alpha value is -3.15. The van der Waals surface area contributed by atoms with E-state index in [0.717, 1.165) is 16.8 Å². The fraction of sp³-hybridized carbons (Fsp3) is 0.348. The fourth-order valence-corrected chi connectivity index (χ4v) is 3.02. The monoisotopic (exact) mass is 393 g/mol. The fourth-order valence-electron chi connectivity index (χ4n) is 3.02. The summed E-state index contributed by atoms with van der Waals surface area (Å²) in [6.45, 7) is 6.93. The van der Waals surface area contributed by atoms with Gasteiger partial charge in [0.2, 0.25) is 0 Å². The van der Waals surface area contributed by atoms with Gasteiger partial charge in [0.15, 0.2) is 6.61 Å². The zero-order valence-electron chi connectivity index (χ0n) is 17.1. The molecule has 6 nitrogen and oxygen atoms in total. The predicted octanol–water partition coefficient (Wildman–Crippen LogP) is 3.40. The maximum Gasteiger partial charge on any atom is 0.280 e. The molecule has 0 aromatic heterocycles. The lowest BCUT2D eigenvalue weighted by Crippen LogP contribution is -2.30. The molecule has 1 N–H and O–H groups in total. The van der Waals surface area contributed by atoms with Gasteiger partial charge >= 0.3 is 0 Å². The van der Waals surface area contributed by atoms with Crippen molar-refractivity contribution in [3.05, 3.63) is 65.2 Å². The molecule has 3 rings (SSSR count). The van der Waals surface area contributed by atoms with Crippen LogP contribution in [0.15, 0.2) is 53.6 Å². The minimum atomic E-state index is -0.231. The number of carbonyl (C=O) groups is 2. The van der Waals surface area contributed by atoms with Gasteiger partial charge in [-0.15, -0.1) is 0 Å². The van der Waals surface area contributed by atoms with Crippen molar-refractivity contribution in [1.29, 1.82) is 0 Å². The second-order valence-electron chi connectivity index (χ2n) is 7.57. The third-order valence-corrected chi connectivity index (χ3v) is 4.60. The molecule has 2 amide bonds. The van der Waals surface area contributed by atoms with E-state index in [-0.39, 0.29) is 18.4 Å². The standard InChI is InChI=1S/C23H27N3O3/c1-16(2)14-24-23(28)19-13-17(3)9-10-21(19)29-15-22(27)26-12-11-20(25-26)18-7-5-4-6-8-18/h4-10,13,16H,11-12,14-15H2,1-3H3,(H,24,28). The molecule has 0 unspecified atom stereocenters. The van der Waals surface area contributed by atoms with Crippen LogP contribution in [0.3, 0.4) is 0 Å². The van der Waals surface area contributed by atoms with E-state index in [0.29, 0.717) is 36.7 Å². The molecule has 0 atom stereocenters. The molecule has 2 aromatic carbocycles. The molecule has 29 heavy (non-hydrogen) atoms. The highest BCUT2D eigenvalue weighted by Gasteiger charge is 2.22. The van der Waals surface area contributed by atoms with Gasteiger partial charge in [0.1, 0.15) is 5.75 Å². The zero-order chi connectivity index (χ0) is 20.8. The number of hydrazone groups is 1. The van der Waals surface area contributed by atoms with Crippen molar-refractivity contribution in [2.24, 2.45) is 11.0 Å². The second-order valence-corrected chi connectivity index (χ2v) is 7.57. The molecular formula is C23H27N3O3. The number of nitrogens with one attached hydrogen (secondary N) is 1. The Morgan fingerprint density at radius 1 is 1.17 bits per heavy atom. The third-order valence-electron chi connectivity index (χ3n) is 4.60. The molecule has 6 heteroatoms. The van der Waals surface area contributed by atoms with Gasteiger partial charge in [0.05, 0.1) is 17.8 Å². The molecule has 0 radical (unpaired) electrons. The first-order chi connectivity index (χ1) is 13.9. The van der Waals surface area contributed by atoms with Crippen LogP contribution >= 0.6 is 0 Å². The predicted molar refractivity (Wildman–Crippen MR) is 113 cm³/mol. The van der Waals surface area contributed by atoms with Crippen LogP contribution in [0.1, 0.15) is 41.8 Å². The number of rotatable bonds is 7. The summed E-state index contributed by atoms with van der Waals surface area (Å²) in [5.41, 5.74) is 3.30. The summed E-state index contributed by atoms with van der Waals surface area (Å²) in [6, 6.07) is 15.2. The van der Waals surface area contributed by atoms with Crippen molar-refractivity contribution in [1.82, 2.24) is 10.3 Å². The molecule has 0 fully saturated rings. The average molecular weight is 393 g/mol. The van der Waals surface area contributed by atoms with E-state index in [1.807, 2.05) is 57.2 Å². The van der Waals surface area contributed by atoms with Gasteiger partial charge in [-0.1, -0.05) is 55.8 Å². The van der Waals surface area contributed by atoms with E-state index < -0.39 is 0 Å². The molecule has 0 aliphatic carbocycles. The van der Waals surface area contributed by atoms with E-state index in [1.54, 1.807) is 12.1 Å². The average Bonchev–Trinajstić information content (AvgIpc) is 3.22. The van der Waals surface area contributed by atoms with Crippen LogP contribution < -0.4 is 10.1 Å². The van der Waals surface area contributed by atoms with Crippen LogP contribution in [0.2, 0.25) is 0 Å². The van der Waals surface area contributed by atoms with Crippen molar-refractivity contribution >= 4 is 17.5 Å². The SMILES string of the molecule is Cc1ccc(OCC(=O)N2CCC(c3ccccc3)=N2)c(C(=O)NCC(C)C)c1. The Balaban J connectivity index is 1.65. The first kappa shape index (κ1) is 20.6. The Labute approximate surface area is 171 Å². The summed E-state index contributed by atoms with van der Waals surface area (Å²) in [5.74, 6) is 0.318. The minimum absolute atomic E-state index is 0.168. The molecule has 0 saturated heterocycles. The smallest absolute Gasteiger partial charge is 0.280 e. The molecule has 1 heterocycles. The van der Waals surface area contributed by atoms with Crippen LogP contribution in [0.5, 0.6) is 5.75 Å². The number of nitrogens with zero attached hydrogens (tertiary/aromatic N) is 2. The summed E-state index contributed by atoms with van der Waals surface area (Å²) in [4.78, 5) is 25.1. The Bertz CT molecular complexity index is 907. The molecule has 152 valence electrons. The first-order valence-corrected chi connectivity index (χ1v) is 9.89. The number of ether oxygens (including phenoxy) is 1. The van der Waals surface area contributed by atoms with Crippen molar-refractivity contribution in [3.63, 3.8) is 0 Å². The highest BCUT2D eigenvalue weighted by atomic mass is 16.5. The molecule has 0 spiro atoms. The summed E-state index contributed by atoms with van der Waals surface area (Å²) in [7, 11) is 0.